The molecule has 0 saturated carbocycles. The largest absolute Gasteiger partial charge is 0.489 e. The van der Waals surface area contributed by atoms with Crippen LogP contribution in [0.25, 0.3) is 0 Å². The molecule has 1 rings (SSSR count). The molecule has 8 heteroatoms. The minimum absolute atomic E-state index is 0.0285. The highest BCUT2D eigenvalue weighted by atomic mass is 35.5. The average molecular weight is 342 g/mol. The van der Waals surface area contributed by atoms with Gasteiger partial charge in [0.15, 0.2) is 0 Å². The normalized spacial score (nSPS) is 13.2. The Balaban J connectivity index is 2.29. The van der Waals surface area contributed by atoms with Crippen LogP contribution in [0.2, 0.25) is 10.0 Å². The molecule has 1 unspecified atom stereocenters. The van der Waals surface area contributed by atoms with Crippen LogP contribution in [0.4, 0.5) is 0 Å². The first-order valence-electron chi connectivity index (χ1n) is 5.92. The van der Waals surface area contributed by atoms with Gasteiger partial charge < -0.3 is 15.2 Å². The van der Waals surface area contributed by atoms with Gasteiger partial charge in [0.2, 0.25) is 0 Å². The highest BCUT2D eigenvalue weighted by molar-refractivity contribution is 7.90. The predicted octanol–water partition coefficient (Wildman–Crippen LogP) is 1.37. The van der Waals surface area contributed by atoms with E-state index >= 15 is 0 Å². The zero-order valence-corrected chi connectivity index (χ0v) is 13.3. The first-order chi connectivity index (χ1) is 9.28. The Morgan fingerprint density at radius 1 is 1.40 bits per heavy atom. The summed E-state index contributed by atoms with van der Waals surface area (Å²) in [5.74, 6) is 0.426. The van der Waals surface area contributed by atoms with Crippen molar-refractivity contribution in [3.8, 4) is 5.75 Å². The van der Waals surface area contributed by atoms with Crippen molar-refractivity contribution in [2.24, 2.45) is 0 Å². The maximum absolute atomic E-state index is 10.9. The second-order valence-corrected chi connectivity index (χ2v) is 7.48. The van der Waals surface area contributed by atoms with Crippen LogP contribution in [0.5, 0.6) is 5.75 Å². The van der Waals surface area contributed by atoms with Crippen LogP contribution in [-0.2, 0) is 9.84 Å². The van der Waals surface area contributed by atoms with Crippen LogP contribution < -0.4 is 10.1 Å². The van der Waals surface area contributed by atoms with Gasteiger partial charge in [-0.25, -0.2) is 8.42 Å². The Morgan fingerprint density at radius 2 is 2.10 bits per heavy atom. The van der Waals surface area contributed by atoms with Crippen molar-refractivity contribution in [1.29, 1.82) is 0 Å². The third-order valence-corrected chi connectivity index (χ3v) is 3.85. The van der Waals surface area contributed by atoms with Gasteiger partial charge in [-0.2, -0.15) is 0 Å². The number of aliphatic hydroxyl groups is 1. The molecular formula is C12H17Cl2NO4S. The molecule has 0 fully saturated rings. The quantitative estimate of drug-likeness (QED) is 0.698. The third-order valence-electron chi connectivity index (χ3n) is 2.35. The van der Waals surface area contributed by atoms with Crippen molar-refractivity contribution in [1.82, 2.24) is 5.32 Å². The number of benzene rings is 1. The van der Waals surface area contributed by atoms with E-state index in [9.17, 15) is 13.5 Å². The molecule has 0 aliphatic rings. The van der Waals surface area contributed by atoms with Crippen LogP contribution in [0, 0.1) is 0 Å². The molecular weight excluding hydrogens is 325 g/mol. The van der Waals surface area contributed by atoms with Gasteiger partial charge in [0.1, 0.15) is 28.3 Å². The number of hydrogen-bond donors (Lipinski definition) is 2. The summed E-state index contributed by atoms with van der Waals surface area (Å²) in [6.45, 7) is 0.549. The lowest BCUT2D eigenvalue weighted by molar-refractivity contribution is 0.107. The molecule has 5 nitrogen and oxygen atoms in total. The lowest BCUT2D eigenvalue weighted by Crippen LogP contribution is -2.34. The Kier molecular flexibility index (Phi) is 7.05. The van der Waals surface area contributed by atoms with Crippen LogP contribution in [-0.4, -0.2) is 51.3 Å². The van der Waals surface area contributed by atoms with E-state index in [1.54, 1.807) is 18.2 Å². The van der Waals surface area contributed by atoms with Crippen molar-refractivity contribution < 1.29 is 18.3 Å². The van der Waals surface area contributed by atoms with E-state index in [0.717, 1.165) is 6.26 Å². The van der Waals surface area contributed by atoms with Gasteiger partial charge in [-0.05, 0) is 12.1 Å². The zero-order chi connectivity index (χ0) is 15.2. The Labute approximate surface area is 128 Å². The Morgan fingerprint density at radius 3 is 2.75 bits per heavy atom. The number of sulfone groups is 1. The first kappa shape index (κ1) is 17.5. The molecule has 0 saturated heterocycles. The zero-order valence-electron chi connectivity index (χ0n) is 11.0. The highest BCUT2D eigenvalue weighted by Gasteiger charge is 2.08. The van der Waals surface area contributed by atoms with E-state index in [0.29, 0.717) is 15.8 Å². The molecule has 0 heterocycles. The third kappa shape index (κ3) is 7.31. The number of halogens is 2. The fraction of sp³-hybridized carbons (Fsp3) is 0.500. The van der Waals surface area contributed by atoms with Gasteiger partial charge >= 0.3 is 0 Å². The van der Waals surface area contributed by atoms with Gasteiger partial charge in [-0.3, -0.25) is 0 Å². The molecule has 0 bridgehead atoms. The predicted molar refractivity (Wildman–Crippen MR) is 80.5 cm³/mol. The average Bonchev–Trinajstić information content (AvgIpc) is 2.34. The fourth-order valence-corrected chi connectivity index (χ4v) is 2.21. The summed E-state index contributed by atoms with van der Waals surface area (Å²) >= 11 is 11.7. The number of nitrogens with one attached hydrogen (secondary N) is 1. The van der Waals surface area contributed by atoms with E-state index < -0.39 is 15.9 Å². The summed E-state index contributed by atoms with van der Waals surface area (Å²) in [5, 5.41) is 13.4. The van der Waals surface area contributed by atoms with Crippen LogP contribution in [0.15, 0.2) is 18.2 Å². The summed E-state index contributed by atoms with van der Waals surface area (Å²) in [6, 6.07) is 4.81. The smallest absolute Gasteiger partial charge is 0.148 e. The van der Waals surface area contributed by atoms with Crippen LogP contribution in [0.3, 0.4) is 0 Å². The summed E-state index contributed by atoms with van der Waals surface area (Å²) in [4.78, 5) is 0. The maximum Gasteiger partial charge on any atom is 0.148 e. The summed E-state index contributed by atoms with van der Waals surface area (Å²) in [6.07, 6.45) is 0.389. The number of aliphatic hydroxyl groups excluding tert-OH is 1. The second kappa shape index (κ2) is 8.05. The molecule has 0 aliphatic carbocycles. The molecule has 1 aromatic carbocycles. The topological polar surface area (TPSA) is 75.6 Å². The van der Waals surface area contributed by atoms with E-state index in [2.05, 4.69) is 5.32 Å². The van der Waals surface area contributed by atoms with E-state index in [4.69, 9.17) is 27.9 Å². The molecule has 0 amide bonds. The van der Waals surface area contributed by atoms with E-state index in [1.165, 1.54) is 0 Å². The summed E-state index contributed by atoms with van der Waals surface area (Å²) in [5.41, 5.74) is 0. The fourth-order valence-electron chi connectivity index (χ4n) is 1.36. The molecule has 0 aromatic heterocycles. The van der Waals surface area contributed by atoms with Crippen molar-refractivity contribution in [2.75, 3.05) is 31.7 Å². The lowest BCUT2D eigenvalue weighted by atomic mass is 10.3. The van der Waals surface area contributed by atoms with Gasteiger partial charge in [0.05, 0.1) is 10.8 Å². The number of ether oxygens (including phenoxy) is 1. The number of rotatable bonds is 8. The standard InChI is InChI=1S/C12H17Cl2NO4S/c1-20(17,18)5-4-15-7-10(16)8-19-12-6-9(13)2-3-11(12)14/h2-3,6,10,15-16H,4-5,7-8H2,1H3. The maximum atomic E-state index is 10.9. The monoisotopic (exact) mass is 341 g/mol. The molecule has 0 spiro atoms. The SMILES string of the molecule is CS(=O)(=O)CCNCC(O)COc1cc(Cl)ccc1Cl. The Hall–Kier alpha value is -0.530. The van der Waals surface area contributed by atoms with Crippen molar-refractivity contribution >= 4 is 33.0 Å². The lowest BCUT2D eigenvalue weighted by Gasteiger charge is -2.14. The summed E-state index contributed by atoms with van der Waals surface area (Å²) in [7, 11) is -3.00. The molecule has 0 aliphatic heterocycles. The minimum Gasteiger partial charge on any atom is -0.489 e. The second-order valence-electron chi connectivity index (χ2n) is 4.37. The molecule has 1 atom stereocenters. The molecule has 0 radical (unpaired) electrons. The Bertz CT molecular complexity index is 536. The summed E-state index contributed by atoms with van der Waals surface area (Å²) < 4.78 is 27.2. The number of hydrogen-bond acceptors (Lipinski definition) is 5. The minimum atomic E-state index is -3.00. The van der Waals surface area contributed by atoms with Crippen LogP contribution in [0.1, 0.15) is 0 Å². The van der Waals surface area contributed by atoms with E-state index in [-0.39, 0.29) is 25.4 Å². The van der Waals surface area contributed by atoms with Gasteiger partial charge in [-0.1, -0.05) is 23.2 Å². The van der Waals surface area contributed by atoms with E-state index in [1.807, 2.05) is 0 Å². The van der Waals surface area contributed by atoms with Gasteiger partial charge in [0.25, 0.3) is 0 Å². The molecule has 1 aromatic rings. The first-order valence-corrected chi connectivity index (χ1v) is 8.74. The molecule has 2 N–H and O–H groups in total. The highest BCUT2D eigenvalue weighted by Crippen LogP contribution is 2.27. The van der Waals surface area contributed by atoms with Gasteiger partial charge in [0, 0.05) is 30.4 Å². The molecule has 114 valence electrons. The van der Waals surface area contributed by atoms with Crippen LogP contribution >= 0.6 is 23.2 Å². The van der Waals surface area contributed by atoms with Crippen molar-refractivity contribution in [3.63, 3.8) is 0 Å². The van der Waals surface area contributed by atoms with Gasteiger partial charge in [-0.15, -0.1) is 0 Å². The van der Waals surface area contributed by atoms with Crippen molar-refractivity contribution in [3.05, 3.63) is 28.2 Å². The van der Waals surface area contributed by atoms with Crippen molar-refractivity contribution in [2.45, 2.75) is 6.10 Å². The molecule has 20 heavy (non-hydrogen) atoms.